The predicted octanol–water partition coefficient (Wildman–Crippen LogP) is 4.72. The van der Waals surface area contributed by atoms with Crippen LogP contribution in [0.2, 0.25) is 0 Å². The molecule has 0 saturated heterocycles. The molecule has 166 valence electrons. The SMILES string of the molecule is COCCOc1cc2ncnc(Nc3cccc(C(C)(C)C)c3)c2cc1OCCOC. The van der Waals surface area contributed by atoms with Crippen molar-refractivity contribution in [2.45, 2.75) is 26.2 Å². The van der Waals surface area contributed by atoms with Gasteiger partial charge in [-0.25, -0.2) is 9.97 Å². The number of aromatic nitrogens is 2. The Morgan fingerprint density at radius 2 is 1.52 bits per heavy atom. The summed E-state index contributed by atoms with van der Waals surface area (Å²) in [5.41, 5.74) is 3.03. The lowest BCUT2D eigenvalue weighted by Gasteiger charge is -2.20. The van der Waals surface area contributed by atoms with Crippen molar-refractivity contribution < 1.29 is 18.9 Å². The van der Waals surface area contributed by atoms with Gasteiger partial charge in [0.15, 0.2) is 11.5 Å². The van der Waals surface area contributed by atoms with Crippen LogP contribution in [0.15, 0.2) is 42.7 Å². The molecule has 0 aliphatic rings. The molecule has 0 amide bonds. The molecule has 0 aliphatic carbocycles. The summed E-state index contributed by atoms with van der Waals surface area (Å²) in [5, 5.41) is 4.28. The molecule has 0 fully saturated rings. The third-order valence-corrected chi connectivity index (χ3v) is 4.78. The molecule has 1 N–H and O–H groups in total. The molecule has 1 aromatic heterocycles. The van der Waals surface area contributed by atoms with E-state index in [4.69, 9.17) is 18.9 Å². The van der Waals surface area contributed by atoms with Gasteiger partial charge < -0.3 is 24.3 Å². The van der Waals surface area contributed by atoms with E-state index in [1.165, 1.54) is 5.56 Å². The normalized spacial score (nSPS) is 11.5. The molecule has 0 atom stereocenters. The van der Waals surface area contributed by atoms with Gasteiger partial charge in [-0.05, 0) is 29.2 Å². The fourth-order valence-electron chi connectivity index (χ4n) is 3.06. The van der Waals surface area contributed by atoms with Crippen LogP contribution >= 0.6 is 0 Å². The van der Waals surface area contributed by atoms with Gasteiger partial charge in [-0.2, -0.15) is 0 Å². The first-order chi connectivity index (χ1) is 14.9. The highest BCUT2D eigenvalue weighted by Gasteiger charge is 2.15. The van der Waals surface area contributed by atoms with Crippen LogP contribution < -0.4 is 14.8 Å². The maximum Gasteiger partial charge on any atom is 0.163 e. The summed E-state index contributed by atoms with van der Waals surface area (Å²) in [6.07, 6.45) is 1.54. The molecule has 7 nitrogen and oxygen atoms in total. The third kappa shape index (κ3) is 6.06. The number of fused-ring (bicyclic) bond motifs is 1. The first kappa shape index (κ1) is 22.8. The van der Waals surface area contributed by atoms with E-state index in [0.717, 1.165) is 16.6 Å². The number of ether oxygens (including phenoxy) is 4. The molecule has 0 radical (unpaired) electrons. The minimum atomic E-state index is 0.0578. The number of rotatable bonds is 10. The van der Waals surface area contributed by atoms with Crippen LogP contribution in [0.5, 0.6) is 11.5 Å². The number of nitrogens with one attached hydrogen (secondary N) is 1. The average Bonchev–Trinajstić information content (AvgIpc) is 2.74. The zero-order valence-electron chi connectivity index (χ0n) is 18.9. The van der Waals surface area contributed by atoms with Crippen LogP contribution in [-0.2, 0) is 14.9 Å². The molecule has 0 aliphatic heterocycles. The fraction of sp³-hybridized carbons (Fsp3) is 0.417. The van der Waals surface area contributed by atoms with Crippen LogP contribution in [0.4, 0.5) is 11.5 Å². The lowest BCUT2D eigenvalue weighted by molar-refractivity contribution is 0.132. The highest BCUT2D eigenvalue weighted by molar-refractivity contribution is 5.93. The summed E-state index contributed by atoms with van der Waals surface area (Å²) >= 11 is 0. The molecule has 1 heterocycles. The van der Waals surface area contributed by atoms with E-state index in [1.807, 2.05) is 24.3 Å². The molecule has 2 aromatic carbocycles. The predicted molar refractivity (Wildman–Crippen MR) is 123 cm³/mol. The maximum absolute atomic E-state index is 5.91. The number of methoxy groups -OCH3 is 2. The van der Waals surface area contributed by atoms with Gasteiger partial charge in [0.2, 0.25) is 0 Å². The molecule has 0 unspecified atom stereocenters. The van der Waals surface area contributed by atoms with Crippen molar-refractivity contribution in [3.8, 4) is 11.5 Å². The van der Waals surface area contributed by atoms with Gasteiger partial charge in [0.25, 0.3) is 0 Å². The zero-order valence-corrected chi connectivity index (χ0v) is 18.9. The molecule has 31 heavy (non-hydrogen) atoms. The van der Waals surface area contributed by atoms with Crippen molar-refractivity contribution >= 4 is 22.4 Å². The Balaban J connectivity index is 1.96. The second-order valence-corrected chi connectivity index (χ2v) is 8.18. The zero-order chi connectivity index (χ0) is 22.3. The Morgan fingerprint density at radius 1 is 0.839 bits per heavy atom. The van der Waals surface area contributed by atoms with Gasteiger partial charge in [-0.1, -0.05) is 32.9 Å². The van der Waals surface area contributed by atoms with Crippen molar-refractivity contribution in [1.29, 1.82) is 0 Å². The number of hydrogen-bond acceptors (Lipinski definition) is 7. The Bertz CT molecular complexity index is 1000. The first-order valence-corrected chi connectivity index (χ1v) is 10.3. The van der Waals surface area contributed by atoms with E-state index in [-0.39, 0.29) is 5.41 Å². The van der Waals surface area contributed by atoms with Crippen LogP contribution in [0.25, 0.3) is 10.9 Å². The lowest BCUT2D eigenvalue weighted by Crippen LogP contribution is -2.11. The summed E-state index contributed by atoms with van der Waals surface area (Å²) in [5.74, 6) is 1.93. The second-order valence-electron chi connectivity index (χ2n) is 8.18. The summed E-state index contributed by atoms with van der Waals surface area (Å²) in [6, 6.07) is 12.1. The summed E-state index contributed by atoms with van der Waals surface area (Å²) in [6.45, 7) is 8.37. The molecule has 3 aromatic rings. The first-order valence-electron chi connectivity index (χ1n) is 10.3. The number of anilines is 2. The monoisotopic (exact) mass is 425 g/mol. The van der Waals surface area contributed by atoms with Crippen molar-refractivity contribution in [3.05, 3.63) is 48.3 Å². The molecule has 3 rings (SSSR count). The minimum absolute atomic E-state index is 0.0578. The van der Waals surface area contributed by atoms with Crippen molar-refractivity contribution in [2.75, 3.05) is 46.0 Å². The van der Waals surface area contributed by atoms with Crippen LogP contribution in [0.3, 0.4) is 0 Å². The average molecular weight is 426 g/mol. The van der Waals surface area contributed by atoms with E-state index >= 15 is 0 Å². The molecule has 0 saturated carbocycles. The number of nitrogens with zero attached hydrogens (tertiary/aromatic N) is 2. The van der Waals surface area contributed by atoms with E-state index in [0.29, 0.717) is 43.7 Å². The number of benzene rings is 2. The molecular formula is C24H31N3O4. The molecule has 0 spiro atoms. The van der Waals surface area contributed by atoms with Gasteiger partial charge in [0.05, 0.1) is 18.7 Å². The summed E-state index contributed by atoms with van der Waals surface area (Å²) in [4.78, 5) is 8.90. The minimum Gasteiger partial charge on any atom is -0.487 e. The quantitative estimate of drug-likeness (QED) is 0.471. The Labute approximate surface area is 183 Å². The largest absolute Gasteiger partial charge is 0.487 e. The van der Waals surface area contributed by atoms with Gasteiger partial charge in [0.1, 0.15) is 25.4 Å². The van der Waals surface area contributed by atoms with Gasteiger partial charge in [-0.3, -0.25) is 0 Å². The fourth-order valence-corrected chi connectivity index (χ4v) is 3.06. The van der Waals surface area contributed by atoms with Gasteiger partial charge >= 0.3 is 0 Å². The molecule has 7 heteroatoms. The second kappa shape index (κ2) is 10.4. The van der Waals surface area contributed by atoms with Gasteiger partial charge in [-0.15, -0.1) is 0 Å². The highest BCUT2D eigenvalue weighted by atomic mass is 16.5. The standard InChI is InChI=1S/C24H31N3O4/c1-24(2,3)17-7-6-8-18(13-17)27-23-19-14-21(30-11-9-28-4)22(31-12-10-29-5)15-20(19)25-16-26-23/h6-8,13-16H,9-12H2,1-5H3,(H,25,26,27). The van der Waals surface area contributed by atoms with Crippen molar-refractivity contribution in [1.82, 2.24) is 9.97 Å². The van der Waals surface area contributed by atoms with Crippen LogP contribution in [0, 0.1) is 0 Å². The van der Waals surface area contributed by atoms with Crippen LogP contribution in [0.1, 0.15) is 26.3 Å². The van der Waals surface area contributed by atoms with Gasteiger partial charge in [0, 0.05) is 31.4 Å². The summed E-state index contributed by atoms with van der Waals surface area (Å²) in [7, 11) is 3.28. The van der Waals surface area contributed by atoms with Crippen molar-refractivity contribution in [2.24, 2.45) is 0 Å². The molecule has 0 bridgehead atoms. The van der Waals surface area contributed by atoms with Crippen LogP contribution in [-0.4, -0.2) is 50.6 Å². The van der Waals surface area contributed by atoms with E-state index in [2.05, 4.69) is 48.2 Å². The Hall–Kier alpha value is -2.90. The van der Waals surface area contributed by atoms with Crippen molar-refractivity contribution in [3.63, 3.8) is 0 Å². The summed E-state index contributed by atoms with van der Waals surface area (Å²) < 4.78 is 22.0. The van der Waals surface area contributed by atoms with E-state index in [9.17, 15) is 0 Å². The lowest BCUT2D eigenvalue weighted by atomic mass is 9.87. The highest BCUT2D eigenvalue weighted by Crippen LogP contribution is 2.35. The van der Waals surface area contributed by atoms with E-state index < -0.39 is 0 Å². The Morgan fingerprint density at radius 3 is 2.16 bits per heavy atom. The van der Waals surface area contributed by atoms with E-state index in [1.54, 1.807) is 20.5 Å². The Kier molecular flexibility index (Phi) is 7.65. The molecular weight excluding hydrogens is 394 g/mol. The third-order valence-electron chi connectivity index (χ3n) is 4.78. The number of hydrogen-bond donors (Lipinski definition) is 1. The smallest absolute Gasteiger partial charge is 0.163 e. The topological polar surface area (TPSA) is 74.7 Å². The maximum atomic E-state index is 5.91.